The van der Waals surface area contributed by atoms with Crippen molar-refractivity contribution < 1.29 is 14.6 Å². The van der Waals surface area contributed by atoms with E-state index in [2.05, 4.69) is 5.32 Å². The summed E-state index contributed by atoms with van der Waals surface area (Å²) in [4.78, 5) is 12.0. The zero-order chi connectivity index (χ0) is 13.1. The highest BCUT2D eigenvalue weighted by molar-refractivity contribution is 5.85. The van der Waals surface area contributed by atoms with Gasteiger partial charge in [-0.15, -0.1) is 0 Å². The normalized spacial score (nSPS) is 20.7. The summed E-state index contributed by atoms with van der Waals surface area (Å²) >= 11 is 0. The van der Waals surface area contributed by atoms with Gasteiger partial charge in [0.1, 0.15) is 18.3 Å². The zero-order valence-electron chi connectivity index (χ0n) is 10.3. The Morgan fingerprint density at radius 2 is 2.33 bits per heavy atom. The number of fused-ring (bicyclic) bond motifs is 1. The molecule has 3 unspecified atom stereocenters. The third-order valence-corrected chi connectivity index (χ3v) is 3.15. The fourth-order valence-corrected chi connectivity index (χ4v) is 1.89. The maximum Gasteiger partial charge on any atom is 0.231 e. The van der Waals surface area contributed by atoms with Gasteiger partial charge in [0.25, 0.3) is 0 Å². The highest BCUT2D eigenvalue weighted by atomic mass is 16.5. The molecule has 3 atom stereocenters. The van der Waals surface area contributed by atoms with Crippen molar-refractivity contribution in [3.8, 4) is 5.75 Å². The van der Waals surface area contributed by atoms with Gasteiger partial charge >= 0.3 is 0 Å². The largest absolute Gasteiger partial charge is 0.492 e. The van der Waals surface area contributed by atoms with E-state index in [-0.39, 0.29) is 18.4 Å². The lowest BCUT2D eigenvalue weighted by molar-refractivity contribution is -0.122. The summed E-state index contributed by atoms with van der Waals surface area (Å²) in [5.74, 6) is 0.357. The summed E-state index contributed by atoms with van der Waals surface area (Å²) in [5.41, 5.74) is 6.57. The van der Waals surface area contributed by atoms with Gasteiger partial charge in [-0.25, -0.2) is 0 Å². The molecule has 1 aromatic rings. The Morgan fingerprint density at radius 3 is 3.06 bits per heavy atom. The molecule has 18 heavy (non-hydrogen) atoms. The number of para-hydroxylation sites is 1. The minimum absolute atomic E-state index is 0.115. The van der Waals surface area contributed by atoms with Gasteiger partial charge in [-0.2, -0.15) is 0 Å². The molecular formula is C13H18N2O3. The van der Waals surface area contributed by atoms with Crippen molar-refractivity contribution >= 4 is 5.91 Å². The number of ether oxygens (including phenoxy) is 1. The quantitative estimate of drug-likeness (QED) is 0.701. The fourth-order valence-electron chi connectivity index (χ4n) is 1.89. The molecule has 0 saturated heterocycles. The summed E-state index contributed by atoms with van der Waals surface area (Å²) in [6, 6.07) is 7.05. The van der Waals surface area contributed by atoms with E-state index in [0.717, 1.165) is 11.3 Å². The van der Waals surface area contributed by atoms with E-state index in [0.29, 0.717) is 6.61 Å². The van der Waals surface area contributed by atoms with Crippen LogP contribution in [-0.2, 0) is 4.79 Å². The number of nitrogens with two attached hydrogens (primary N) is 1. The minimum Gasteiger partial charge on any atom is -0.492 e. The topological polar surface area (TPSA) is 84.6 Å². The average Bonchev–Trinajstić information content (AvgIpc) is 2.79. The summed E-state index contributed by atoms with van der Waals surface area (Å²) < 4.78 is 5.44. The second-order valence-corrected chi connectivity index (χ2v) is 4.55. The molecule has 0 aliphatic carbocycles. The first kappa shape index (κ1) is 12.9. The van der Waals surface area contributed by atoms with Crippen molar-refractivity contribution in [1.29, 1.82) is 0 Å². The molecule has 2 rings (SSSR count). The van der Waals surface area contributed by atoms with E-state index in [9.17, 15) is 9.90 Å². The highest BCUT2D eigenvalue weighted by Crippen LogP contribution is 2.33. The third kappa shape index (κ3) is 2.63. The molecule has 4 N–H and O–H groups in total. The maximum absolute atomic E-state index is 12.0. The first-order valence-electron chi connectivity index (χ1n) is 6.02. The van der Waals surface area contributed by atoms with E-state index in [4.69, 9.17) is 10.5 Å². The molecule has 0 bridgehead atoms. The Balaban J connectivity index is 1.95. The molecule has 0 fully saturated rings. The number of aliphatic hydroxyl groups is 1. The first-order valence-corrected chi connectivity index (χ1v) is 6.02. The fraction of sp³-hybridized carbons (Fsp3) is 0.462. The molecule has 98 valence electrons. The van der Waals surface area contributed by atoms with Crippen LogP contribution < -0.4 is 15.8 Å². The first-order chi connectivity index (χ1) is 8.59. The smallest absolute Gasteiger partial charge is 0.231 e. The van der Waals surface area contributed by atoms with Crippen LogP contribution in [0, 0.1) is 0 Å². The van der Waals surface area contributed by atoms with Crippen molar-refractivity contribution in [3.63, 3.8) is 0 Å². The van der Waals surface area contributed by atoms with Crippen molar-refractivity contribution in [2.75, 3.05) is 13.2 Å². The van der Waals surface area contributed by atoms with Crippen LogP contribution in [0.15, 0.2) is 24.3 Å². The number of nitrogens with one attached hydrogen (secondary N) is 1. The van der Waals surface area contributed by atoms with E-state index in [1.165, 1.54) is 0 Å². The lowest BCUT2D eigenvalue weighted by Gasteiger charge is -2.17. The van der Waals surface area contributed by atoms with Gasteiger partial charge in [0.15, 0.2) is 0 Å². The van der Waals surface area contributed by atoms with E-state index < -0.39 is 12.1 Å². The highest BCUT2D eigenvalue weighted by Gasteiger charge is 2.30. The zero-order valence-corrected chi connectivity index (χ0v) is 10.3. The maximum atomic E-state index is 12.0. The molecule has 1 aliphatic rings. The summed E-state index contributed by atoms with van der Waals surface area (Å²) in [7, 11) is 0. The summed E-state index contributed by atoms with van der Waals surface area (Å²) in [6.07, 6.45) is -0.641. The monoisotopic (exact) mass is 250 g/mol. The molecule has 0 saturated carbocycles. The van der Waals surface area contributed by atoms with Crippen LogP contribution in [0.1, 0.15) is 18.4 Å². The molecule has 1 aromatic carbocycles. The molecule has 1 heterocycles. The van der Waals surface area contributed by atoms with Crippen LogP contribution in [0.25, 0.3) is 0 Å². The Bertz CT molecular complexity index is 434. The lowest BCUT2D eigenvalue weighted by Crippen LogP contribution is -2.45. The van der Waals surface area contributed by atoms with Crippen molar-refractivity contribution in [2.45, 2.75) is 25.0 Å². The SMILES string of the molecule is CC(O)C(N)CNC(=O)C1COc2ccccc21. The van der Waals surface area contributed by atoms with Crippen molar-refractivity contribution in [1.82, 2.24) is 5.32 Å². The van der Waals surface area contributed by atoms with E-state index >= 15 is 0 Å². The Kier molecular flexibility index (Phi) is 3.84. The number of hydrogen-bond acceptors (Lipinski definition) is 4. The number of rotatable bonds is 4. The van der Waals surface area contributed by atoms with E-state index in [1.807, 2.05) is 24.3 Å². The van der Waals surface area contributed by atoms with Gasteiger partial charge in [-0.3, -0.25) is 4.79 Å². The van der Waals surface area contributed by atoms with Crippen LogP contribution in [0.2, 0.25) is 0 Å². The van der Waals surface area contributed by atoms with Gasteiger partial charge in [0.2, 0.25) is 5.91 Å². The standard InChI is InChI=1S/C13H18N2O3/c1-8(16)11(14)6-15-13(17)10-7-18-12-5-3-2-4-9(10)12/h2-5,8,10-11,16H,6-7,14H2,1H3,(H,15,17). The van der Waals surface area contributed by atoms with Crippen LogP contribution in [0.5, 0.6) is 5.75 Å². The van der Waals surface area contributed by atoms with Gasteiger partial charge in [-0.1, -0.05) is 18.2 Å². The Morgan fingerprint density at radius 1 is 1.61 bits per heavy atom. The van der Waals surface area contributed by atoms with Crippen LogP contribution in [0.3, 0.4) is 0 Å². The van der Waals surface area contributed by atoms with Gasteiger partial charge in [-0.05, 0) is 13.0 Å². The summed E-state index contributed by atoms with van der Waals surface area (Å²) in [5, 5.41) is 12.0. The average molecular weight is 250 g/mol. The third-order valence-electron chi connectivity index (χ3n) is 3.15. The number of benzene rings is 1. The lowest BCUT2D eigenvalue weighted by atomic mass is 10.0. The Labute approximate surface area is 106 Å². The van der Waals surface area contributed by atoms with Crippen LogP contribution in [0.4, 0.5) is 0 Å². The predicted octanol–water partition coefficient (Wildman–Crippen LogP) is -0.0131. The molecule has 0 radical (unpaired) electrons. The molecular weight excluding hydrogens is 232 g/mol. The predicted molar refractivity (Wildman–Crippen MR) is 67.3 cm³/mol. The number of amides is 1. The molecule has 1 aliphatic heterocycles. The van der Waals surface area contributed by atoms with Gasteiger partial charge < -0.3 is 20.9 Å². The second-order valence-electron chi connectivity index (χ2n) is 4.55. The second kappa shape index (κ2) is 5.37. The number of carbonyl (C=O) groups excluding carboxylic acids is 1. The van der Waals surface area contributed by atoms with Gasteiger partial charge in [0.05, 0.1) is 6.10 Å². The van der Waals surface area contributed by atoms with Crippen LogP contribution in [-0.4, -0.2) is 36.3 Å². The molecule has 1 amide bonds. The van der Waals surface area contributed by atoms with Crippen molar-refractivity contribution in [3.05, 3.63) is 29.8 Å². The molecule has 0 spiro atoms. The van der Waals surface area contributed by atoms with Crippen LogP contribution >= 0.6 is 0 Å². The number of aliphatic hydroxyl groups excluding tert-OH is 1. The summed E-state index contributed by atoms with van der Waals surface area (Å²) in [6.45, 7) is 2.22. The Hall–Kier alpha value is -1.59. The molecule has 0 aromatic heterocycles. The van der Waals surface area contributed by atoms with Crippen molar-refractivity contribution in [2.24, 2.45) is 5.73 Å². The van der Waals surface area contributed by atoms with Gasteiger partial charge in [0, 0.05) is 18.2 Å². The minimum atomic E-state index is -0.641. The number of hydrogen-bond donors (Lipinski definition) is 3. The number of carbonyl (C=O) groups is 1. The molecule has 5 nitrogen and oxygen atoms in total. The van der Waals surface area contributed by atoms with E-state index in [1.54, 1.807) is 6.92 Å². The molecule has 5 heteroatoms.